The van der Waals surface area contributed by atoms with Crippen LogP contribution in [-0.2, 0) is 0 Å². The van der Waals surface area contributed by atoms with Gasteiger partial charge in [0.15, 0.2) is 0 Å². The summed E-state index contributed by atoms with van der Waals surface area (Å²) < 4.78 is 14.3. The lowest BCUT2D eigenvalue weighted by molar-refractivity contribution is 0.0945. The van der Waals surface area contributed by atoms with Crippen LogP contribution in [0, 0.1) is 17.7 Å². The molecule has 1 fully saturated rings. The molecule has 2 rings (SSSR count). The van der Waals surface area contributed by atoms with Crippen molar-refractivity contribution in [2.45, 2.75) is 39.0 Å². The lowest BCUT2D eigenvalue weighted by atomic mass is 9.81. The van der Waals surface area contributed by atoms with Crippen LogP contribution >= 0.6 is 15.9 Å². The second kappa shape index (κ2) is 7.21. The molecule has 2 nitrogen and oxygen atoms in total. The van der Waals surface area contributed by atoms with Crippen molar-refractivity contribution in [1.29, 1.82) is 0 Å². The summed E-state index contributed by atoms with van der Waals surface area (Å²) in [4.78, 5) is 11.9. The molecule has 0 bridgehead atoms. The first-order chi connectivity index (χ1) is 9.56. The fourth-order valence-electron chi connectivity index (χ4n) is 2.77. The van der Waals surface area contributed by atoms with E-state index in [0.29, 0.717) is 16.9 Å². The van der Waals surface area contributed by atoms with Gasteiger partial charge < -0.3 is 5.32 Å². The predicted octanol–water partition coefficient (Wildman–Crippen LogP) is 4.53. The average Bonchev–Trinajstić information content (AvgIpc) is 2.43. The Morgan fingerprint density at radius 2 is 2.05 bits per heavy atom. The lowest BCUT2D eigenvalue weighted by Crippen LogP contribution is -2.27. The monoisotopic (exact) mass is 341 g/mol. The second-order valence-electron chi connectivity index (χ2n) is 5.79. The Morgan fingerprint density at radius 3 is 2.75 bits per heavy atom. The molecular formula is C16H21BrFNO. The first-order valence-electron chi connectivity index (χ1n) is 7.29. The lowest BCUT2D eigenvalue weighted by Gasteiger charge is -2.26. The number of rotatable bonds is 4. The maximum absolute atomic E-state index is 13.6. The molecule has 0 saturated heterocycles. The van der Waals surface area contributed by atoms with Crippen LogP contribution in [0.4, 0.5) is 4.39 Å². The van der Waals surface area contributed by atoms with Gasteiger partial charge in [-0.2, -0.15) is 0 Å². The van der Waals surface area contributed by atoms with Crippen molar-refractivity contribution < 1.29 is 9.18 Å². The van der Waals surface area contributed by atoms with Gasteiger partial charge in [0.05, 0.1) is 5.56 Å². The van der Waals surface area contributed by atoms with Crippen LogP contribution in [0.15, 0.2) is 22.7 Å². The van der Waals surface area contributed by atoms with E-state index < -0.39 is 5.82 Å². The molecule has 1 aromatic rings. The first-order valence-corrected chi connectivity index (χ1v) is 8.09. The number of amides is 1. The molecule has 110 valence electrons. The zero-order valence-electron chi connectivity index (χ0n) is 11.8. The highest BCUT2D eigenvalue weighted by molar-refractivity contribution is 9.10. The molecule has 0 aliphatic heterocycles. The Kier molecular flexibility index (Phi) is 5.58. The van der Waals surface area contributed by atoms with E-state index in [1.807, 2.05) is 0 Å². The van der Waals surface area contributed by atoms with E-state index in [9.17, 15) is 9.18 Å². The summed E-state index contributed by atoms with van der Waals surface area (Å²) in [6, 6.07) is 4.42. The molecule has 0 spiro atoms. The Balaban J connectivity index is 1.79. The molecule has 0 heterocycles. The SMILES string of the molecule is CC1CCC(CCNC(=O)c2cc(Br)ccc2F)CC1. The number of nitrogens with one attached hydrogen (secondary N) is 1. The van der Waals surface area contributed by atoms with Crippen molar-refractivity contribution in [2.75, 3.05) is 6.54 Å². The molecule has 0 aromatic heterocycles. The fraction of sp³-hybridized carbons (Fsp3) is 0.562. The average molecular weight is 342 g/mol. The number of benzene rings is 1. The van der Waals surface area contributed by atoms with Gasteiger partial charge in [-0.3, -0.25) is 4.79 Å². The van der Waals surface area contributed by atoms with Crippen molar-refractivity contribution in [3.8, 4) is 0 Å². The van der Waals surface area contributed by atoms with E-state index in [0.717, 1.165) is 12.3 Å². The predicted molar refractivity (Wildman–Crippen MR) is 82.2 cm³/mol. The molecule has 1 aliphatic rings. The standard InChI is InChI=1S/C16H21BrFNO/c1-11-2-4-12(5-3-11)8-9-19-16(20)14-10-13(17)6-7-15(14)18/h6-7,10-12H,2-5,8-9H2,1H3,(H,19,20). The van der Waals surface area contributed by atoms with Crippen molar-refractivity contribution in [2.24, 2.45) is 11.8 Å². The van der Waals surface area contributed by atoms with E-state index in [2.05, 4.69) is 28.2 Å². The van der Waals surface area contributed by atoms with Gasteiger partial charge in [-0.15, -0.1) is 0 Å². The molecule has 4 heteroatoms. The molecule has 1 amide bonds. The van der Waals surface area contributed by atoms with Crippen LogP contribution in [-0.4, -0.2) is 12.5 Å². The Hall–Kier alpha value is -0.900. The van der Waals surface area contributed by atoms with Gasteiger partial charge in [-0.05, 0) is 36.5 Å². The first kappa shape index (κ1) is 15.5. The normalized spacial score (nSPS) is 22.6. The van der Waals surface area contributed by atoms with E-state index in [1.165, 1.54) is 37.8 Å². The largest absolute Gasteiger partial charge is 0.352 e. The summed E-state index contributed by atoms with van der Waals surface area (Å²) in [6.45, 7) is 2.93. The smallest absolute Gasteiger partial charge is 0.254 e. The Morgan fingerprint density at radius 1 is 1.35 bits per heavy atom. The summed E-state index contributed by atoms with van der Waals surface area (Å²) in [5, 5.41) is 2.83. The molecule has 0 radical (unpaired) electrons. The Bertz CT molecular complexity index is 470. The molecule has 1 aliphatic carbocycles. The van der Waals surface area contributed by atoms with Crippen LogP contribution in [0.5, 0.6) is 0 Å². The van der Waals surface area contributed by atoms with E-state index in [4.69, 9.17) is 0 Å². The van der Waals surface area contributed by atoms with E-state index in [-0.39, 0.29) is 11.5 Å². The highest BCUT2D eigenvalue weighted by Crippen LogP contribution is 2.29. The third kappa shape index (κ3) is 4.30. The van der Waals surface area contributed by atoms with Gasteiger partial charge in [0.1, 0.15) is 5.82 Å². The molecule has 0 unspecified atom stereocenters. The van der Waals surface area contributed by atoms with Gasteiger partial charge >= 0.3 is 0 Å². The highest BCUT2D eigenvalue weighted by Gasteiger charge is 2.18. The fourth-order valence-corrected chi connectivity index (χ4v) is 3.14. The second-order valence-corrected chi connectivity index (χ2v) is 6.71. The van der Waals surface area contributed by atoms with Crippen LogP contribution < -0.4 is 5.32 Å². The van der Waals surface area contributed by atoms with E-state index in [1.54, 1.807) is 6.07 Å². The summed E-state index contributed by atoms with van der Waals surface area (Å²) >= 11 is 3.25. The van der Waals surface area contributed by atoms with Gasteiger partial charge in [0, 0.05) is 11.0 Å². The van der Waals surface area contributed by atoms with Crippen LogP contribution in [0.3, 0.4) is 0 Å². The van der Waals surface area contributed by atoms with Crippen molar-refractivity contribution in [3.63, 3.8) is 0 Å². The third-order valence-corrected chi connectivity index (χ3v) is 4.64. The van der Waals surface area contributed by atoms with Crippen LogP contribution in [0.25, 0.3) is 0 Å². The zero-order chi connectivity index (χ0) is 14.5. The van der Waals surface area contributed by atoms with Gasteiger partial charge in [-0.25, -0.2) is 4.39 Å². The minimum absolute atomic E-state index is 0.108. The van der Waals surface area contributed by atoms with Crippen molar-refractivity contribution in [1.82, 2.24) is 5.32 Å². The number of hydrogen-bond acceptors (Lipinski definition) is 1. The maximum atomic E-state index is 13.6. The quantitative estimate of drug-likeness (QED) is 0.856. The van der Waals surface area contributed by atoms with Crippen LogP contribution in [0.1, 0.15) is 49.4 Å². The number of carbonyl (C=O) groups excluding carboxylic acids is 1. The number of halogens is 2. The van der Waals surface area contributed by atoms with Crippen LogP contribution in [0.2, 0.25) is 0 Å². The highest BCUT2D eigenvalue weighted by atomic mass is 79.9. The minimum atomic E-state index is -0.475. The summed E-state index contributed by atoms with van der Waals surface area (Å²) in [5.74, 6) is 0.751. The summed E-state index contributed by atoms with van der Waals surface area (Å²) in [6.07, 6.45) is 6.08. The summed E-state index contributed by atoms with van der Waals surface area (Å²) in [7, 11) is 0. The maximum Gasteiger partial charge on any atom is 0.254 e. The molecule has 1 saturated carbocycles. The van der Waals surface area contributed by atoms with E-state index >= 15 is 0 Å². The number of hydrogen-bond donors (Lipinski definition) is 1. The molecule has 1 N–H and O–H groups in total. The number of carbonyl (C=O) groups is 1. The third-order valence-electron chi connectivity index (χ3n) is 4.15. The van der Waals surface area contributed by atoms with Crippen molar-refractivity contribution in [3.05, 3.63) is 34.1 Å². The Labute approximate surface area is 128 Å². The van der Waals surface area contributed by atoms with Gasteiger partial charge in [0.2, 0.25) is 0 Å². The molecule has 0 atom stereocenters. The summed E-state index contributed by atoms with van der Waals surface area (Å²) in [5.41, 5.74) is 0.108. The van der Waals surface area contributed by atoms with Crippen molar-refractivity contribution >= 4 is 21.8 Å². The van der Waals surface area contributed by atoms with Gasteiger partial charge in [0.25, 0.3) is 5.91 Å². The van der Waals surface area contributed by atoms with Gasteiger partial charge in [-0.1, -0.05) is 48.5 Å². The zero-order valence-corrected chi connectivity index (χ0v) is 13.4. The minimum Gasteiger partial charge on any atom is -0.352 e. The molecule has 20 heavy (non-hydrogen) atoms. The molecular weight excluding hydrogens is 321 g/mol. The topological polar surface area (TPSA) is 29.1 Å². The molecule has 1 aromatic carbocycles.